The molecule has 3 N–H and O–H groups in total. The number of carbonyl (C=O) groups excluding carboxylic acids is 1. The summed E-state index contributed by atoms with van der Waals surface area (Å²) in [5.74, 6) is -0.762. The Kier molecular flexibility index (Phi) is 2.08. The third kappa shape index (κ3) is 1.68. The average Bonchev–Trinajstić information content (AvgIpc) is 2.05. The van der Waals surface area contributed by atoms with E-state index in [9.17, 15) is 4.79 Å². The van der Waals surface area contributed by atoms with Gasteiger partial charge in [0, 0.05) is 5.56 Å². The Morgan fingerprint density at radius 2 is 2.27 bits per heavy atom. The monoisotopic (exact) mass is 151 g/mol. The number of nitrogens with one attached hydrogen (secondary N) is 2. The minimum absolute atomic E-state index is 0.254. The number of amides is 1. The molecule has 0 atom stereocenters. The minimum Gasteiger partial charge on any atom is -0.291 e. The SMILES string of the molecule is [NH]C(=O)c1cccc(NO)c1. The quantitative estimate of drug-likeness (QED) is 0.617. The van der Waals surface area contributed by atoms with E-state index in [-0.39, 0.29) is 5.56 Å². The fraction of sp³-hybridized carbons (Fsp3) is 0. The highest BCUT2D eigenvalue weighted by Gasteiger charge is 1.99. The summed E-state index contributed by atoms with van der Waals surface area (Å²) in [7, 11) is 0. The van der Waals surface area contributed by atoms with Crippen LogP contribution in [0.1, 0.15) is 10.4 Å². The van der Waals surface area contributed by atoms with Crippen LogP contribution in [-0.2, 0) is 0 Å². The van der Waals surface area contributed by atoms with Crippen molar-refractivity contribution in [2.24, 2.45) is 0 Å². The van der Waals surface area contributed by atoms with E-state index in [0.717, 1.165) is 0 Å². The van der Waals surface area contributed by atoms with Crippen molar-refractivity contribution in [2.75, 3.05) is 5.48 Å². The summed E-state index contributed by atoms with van der Waals surface area (Å²) in [6.45, 7) is 0. The molecule has 0 aliphatic carbocycles. The molecule has 4 nitrogen and oxygen atoms in total. The third-order valence-electron chi connectivity index (χ3n) is 1.25. The van der Waals surface area contributed by atoms with Crippen molar-refractivity contribution in [2.45, 2.75) is 0 Å². The number of hydrogen-bond donors (Lipinski definition) is 2. The van der Waals surface area contributed by atoms with Crippen LogP contribution < -0.4 is 11.2 Å². The maximum atomic E-state index is 10.5. The fourth-order valence-corrected chi connectivity index (χ4v) is 0.730. The molecule has 0 unspecified atom stereocenters. The molecule has 0 spiro atoms. The highest BCUT2D eigenvalue weighted by molar-refractivity contribution is 5.93. The van der Waals surface area contributed by atoms with Gasteiger partial charge in [0.05, 0.1) is 5.69 Å². The molecule has 4 heteroatoms. The lowest BCUT2D eigenvalue weighted by molar-refractivity contribution is 0.0992. The summed E-state index contributed by atoms with van der Waals surface area (Å²) in [5, 5.41) is 8.42. The molecular formula is C7H7N2O2. The van der Waals surface area contributed by atoms with Crippen LogP contribution in [0.5, 0.6) is 0 Å². The zero-order chi connectivity index (χ0) is 8.27. The van der Waals surface area contributed by atoms with Gasteiger partial charge in [-0.3, -0.25) is 21.2 Å². The molecule has 0 saturated carbocycles. The Morgan fingerprint density at radius 3 is 2.82 bits per heavy atom. The summed E-state index contributed by atoms with van der Waals surface area (Å²) in [5.41, 5.74) is 9.29. The second kappa shape index (κ2) is 3.03. The molecule has 0 saturated heterocycles. The first kappa shape index (κ1) is 7.56. The van der Waals surface area contributed by atoms with Crippen molar-refractivity contribution in [1.82, 2.24) is 5.73 Å². The van der Waals surface area contributed by atoms with E-state index in [1.165, 1.54) is 12.1 Å². The maximum absolute atomic E-state index is 10.5. The lowest BCUT2D eigenvalue weighted by atomic mass is 10.2. The van der Waals surface area contributed by atoms with Crippen LogP contribution in [0, 0.1) is 0 Å². The number of anilines is 1. The zero-order valence-electron chi connectivity index (χ0n) is 5.66. The molecule has 0 aromatic heterocycles. The molecular weight excluding hydrogens is 144 g/mol. The largest absolute Gasteiger partial charge is 0.291 e. The number of carbonyl (C=O) groups is 1. The van der Waals surface area contributed by atoms with Gasteiger partial charge < -0.3 is 0 Å². The Bertz CT molecular complexity index is 273. The molecule has 0 aliphatic heterocycles. The number of hydrogen-bond acceptors (Lipinski definition) is 3. The van der Waals surface area contributed by atoms with Crippen molar-refractivity contribution in [1.29, 1.82) is 0 Å². The molecule has 1 amide bonds. The van der Waals surface area contributed by atoms with E-state index in [2.05, 4.69) is 0 Å². The molecule has 1 aromatic rings. The molecule has 0 bridgehead atoms. The lowest BCUT2D eigenvalue weighted by Gasteiger charge is -1.98. The third-order valence-corrected chi connectivity index (χ3v) is 1.25. The smallest absolute Gasteiger partial charge is 0.269 e. The standard InChI is InChI=1S/C7H7N2O2/c8-7(10)5-2-1-3-6(4-5)9-11/h1-4,8-9,11H. The van der Waals surface area contributed by atoms with Gasteiger partial charge in [-0.25, -0.2) is 0 Å². The molecule has 57 valence electrons. The normalized spacial score (nSPS) is 9.18. The summed E-state index contributed by atoms with van der Waals surface area (Å²) in [6, 6.07) is 6.08. The van der Waals surface area contributed by atoms with Crippen LogP contribution in [-0.4, -0.2) is 11.1 Å². The van der Waals surface area contributed by atoms with Crippen LogP contribution in [0.15, 0.2) is 24.3 Å². The molecule has 11 heavy (non-hydrogen) atoms. The number of rotatable bonds is 2. The van der Waals surface area contributed by atoms with Gasteiger partial charge >= 0.3 is 0 Å². The first-order chi connectivity index (χ1) is 5.24. The summed E-state index contributed by atoms with van der Waals surface area (Å²) < 4.78 is 0. The average molecular weight is 151 g/mol. The number of benzene rings is 1. The van der Waals surface area contributed by atoms with E-state index in [0.29, 0.717) is 5.69 Å². The molecule has 1 rings (SSSR count). The van der Waals surface area contributed by atoms with Crippen molar-refractivity contribution in [3.63, 3.8) is 0 Å². The van der Waals surface area contributed by atoms with Crippen molar-refractivity contribution in [3.8, 4) is 0 Å². The first-order valence-electron chi connectivity index (χ1n) is 3.00. The van der Waals surface area contributed by atoms with Crippen LogP contribution in [0.2, 0.25) is 0 Å². The first-order valence-corrected chi connectivity index (χ1v) is 3.00. The van der Waals surface area contributed by atoms with Gasteiger partial charge in [-0.2, -0.15) is 0 Å². The summed E-state index contributed by atoms with van der Waals surface area (Å²) in [4.78, 5) is 10.5. The van der Waals surface area contributed by atoms with Crippen molar-refractivity contribution in [3.05, 3.63) is 29.8 Å². The second-order valence-electron chi connectivity index (χ2n) is 2.02. The van der Waals surface area contributed by atoms with Gasteiger partial charge in [0.1, 0.15) is 0 Å². The van der Waals surface area contributed by atoms with Crippen molar-refractivity contribution < 1.29 is 10.0 Å². The summed E-state index contributed by atoms with van der Waals surface area (Å²) >= 11 is 0. The Labute approximate surface area is 63.6 Å². The Hall–Kier alpha value is -1.55. The summed E-state index contributed by atoms with van der Waals surface area (Å²) in [6.07, 6.45) is 0. The highest BCUT2D eigenvalue weighted by Crippen LogP contribution is 2.08. The maximum Gasteiger partial charge on any atom is 0.269 e. The van der Waals surface area contributed by atoms with Crippen molar-refractivity contribution >= 4 is 11.6 Å². The predicted octanol–water partition coefficient (Wildman–Crippen LogP) is 0.911. The van der Waals surface area contributed by atoms with Gasteiger partial charge in [0.15, 0.2) is 0 Å². The minimum atomic E-state index is -0.762. The van der Waals surface area contributed by atoms with Gasteiger partial charge in [-0.1, -0.05) is 6.07 Å². The Morgan fingerprint density at radius 1 is 1.55 bits per heavy atom. The molecule has 1 aromatic carbocycles. The van der Waals surface area contributed by atoms with E-state index in [1.54, 1.807) is 12.1 Å². The van der Waals surface area contributed by atoms with Gasteiger partial charge in [-0.15, -0.1) is 0 Å². The highest BCUT2D eigenvalue weighted by atomic mass is 16.5. The molecule has 0 heterocycles. The molecule has 0 aliphatic rings. The zero-order valence-corrected chi connectivity index (χ0v) is 5.66. The van der Waals surface area contributed by atoms with Crippen LogP contribution in [0.4, 0.5) is 5.69 Å². The van der Waals surface area contributed by atoms with Crippen LogP contribution in [0.25, 0.3) is 0 Å². The fourth-order valence-electron chi connectivity index (χ4n) is 0.730. The lowest BCUT2D eigenvalue weighted by Crippen LogP contribution is -1.99. The van der Waals surface area contributed by atoms with Gasteiger partial charge in [0.25, 0.3) is 5.91 Å². The van der Waals surface area contributed by atoms with E-state index in [4.69, 9.17) is 10.9 Å². The van der Waals surface area contributed by atoms with Crippen LogP contribution >= 0.6 is 0 Å². The van der Waals surface area contributed by atoms with E-state index < -0.39 is 5.91 Å². The Balaban J connectivity index is 3.01. The van der Waals surface area contributed by atoms with Gasteiger partial charge in [0.2, 0.25) is 0 Å². The second-order valence-corrected chi connectivity index (χ2v) is 2.02. The molecule has 1 radical (unpaired) electrons. The van der Waals surface area contributed by atoms with E-state index >= 15 is 0 Å². The van der Waals surface area contributed by atoms with Crippen LogP contribution in [0.3, 0.4) is 0 Å². The predicted molar refractivity (Wildman–Crippen MR) is 39.3 cm³/mol. The van der Waals surface area contributed by atoms with E-state index in [1.807, 2.05) is 5.48 Å². The molecule has 0 fully saturated rings. The van der Waals surface area contributed by atoms with Gasteiger partial charge in [-0.05, 0) is 18.2 Å². The topological polar surface area (TPSA) is 73.1 Å².